The fourth-order valence-electron chi connectivity index (χ4n) is 3.31. The fourth-order valence-corrected chi connectivity index (χ4v) is 3.31. The van der Waals surface area contributed by atoms with E-state index < -0.39 is 17.9 Å². The van der Waals surface area contributed by atoms with Gasteiger partial charge in [-0.3, -0.25) is 19.8 Å². The largest absolute Gasteiger partial charge is 0.392 e. The molecule has 0 radical (unpaired) electrons. The number of hydrogen-bond donors (Lipinski definition) is 5. The number of nitrogens with zero attached hydrogens (tertiary/aromatic N) is 2. The number of amides is 2. The summed E-state index contributed by atoms with van der Waals surface area (Å²) in [5.74, 6) is -0.839. The summed E-state index contributed by atoms with van der Waals surface area (Å²) in [4.78, 5) is 24.8. The van der Waals surface area contributed by atoms with Crippen molar-refractivity contribution in [1.82, 2.24) is 20.4 Å². The number of anilines is 2. The average molecular weight is 430 g/mol. The molecule has 0 saturated carbocycles. The van der Waals surface area contributed by atoms with Gasteiger partial charge in [-0.15, -0.1) is 0 Å². The Labute approximate surface area is 183 Å². The summed E-state index contributed by atoms with van der Waals surface area (Å²) in [5.41, 5.74) is 4.08. The third-order valence-corrected chi connectivity index (χ3v) is 4.79. The van der Waals surface area contributed by atoms with Crippen molar-refractivity contribution in [2.75, 3.05) is 10.6 Å². The number of benzene rings is 2. The van der Waals surface area contributed by atoms with Crippen LogP contribution in [0, 0.1) is 0 Å². The summed E-state index contributed by atoms with van der Waals surface area (Å²) in [6.07, 6.45) is 1.40. The number of aliphatic hydroxyl groups excluding tert-OH is 1. The van der Waals surface area contributed by atoms with Crippen LogP contribution < -0.4 is 10.6 Å². The third-order valence-electron chi connectivity index (χ3n) is 4.79. The van der Waals surface area contributed by atoms with E-state index in [-0.39, 0.29) is 12.8 Å². The van der Waals surface area contributed by atoms with Crippen molar-refractivity contribution in [3.05, 3.63) is 73.1 Å². The summed E-state index contributed by atoms with van der Waals surface area (Å²) >= 11 is 0. The van der Waals surface area contributed by atoms with E-state index in [9.17, 15) is 14.7 Å². The van der Waals surface area contributed by atoms with E-state index in [1.54, 1.807) is 0 Å². The van der Waals surface area contributed by atoms with E-state index in [4.69, 9.17) is 0 Å². The van der Waals surface area contributed by atoms with Crippen LogP contribution in [0.15, 0.2) is 73.1 Å². The number of aromatic nitrogens is 4. The molecule has 2 aromatic carbocycles. The lowest BCUT2D eigenvalue weighted by molar-refractivity contribution is -0.120. The molecule has 4 aromatic rings. The van der Waals surface area contributed by atoms with Gasteiger partial charge in [-0.1, -0.05) is 60.7 Å². The summed E-state index contributed by atoms with van der Waals surface area (Å²) in [6, 6.07) is 18.9. The van der Waals surface area contributed by atoms with Crippen molar-refractivity contribution in [2.45, 2.75) is 18.9 Å². The van der Waals surface area contributed by atoms with Crippen LogP contribution in [0.3, 0.4) is 0 Å². The lowest BCUT2D eigenvalue weighted by atomic mass is 10.1. The van der Waals surface area contributed by atoms with Gasteiger partial charge in [0.1, 0.15) is 0 Å². The van der Waals surface area contributed by atoms with Crippen LogP contribution in [0.25, 0.3) is 22.5 Å². The van der Waals surface area contributed by atoms with Crippen LogP contribution in [0.2, 0.25) is 0 Å². The number of nitrogens with one attached hydrogen (secondary N) is 4. The first-order valence-electron chi connectivity index (χ1n) is 10.1. The highest BCUT2D eigenvalue weighted by Gasteiger charge is 2.18. The zero-order chi connectivity index (χ0) is 22.3. The van der Waals surface area contributed by atoms with Gasteiger partial charge >= 0.3 is 0 Å². The standard InChI is InChI=1S/C23H22N6O3/c30-17(11-20(31)26-18-13-24-28-22(18)15-7-3-1-4-8-15)12-21(32)27-19-14-25-29-23(19)16-9-5-2-6-10-16/h1-10,13-14,17,30H,11-12H2,(H,24,28)(H,25,29)(H,26,31)(H,27,32). The van der Waals surface area contributed by atoms with E-state index >= 15 is 0 Å². The quantitative estimate of drug-likeness (QED) is 0.292. The topological polar surface area (TPSA) is 136 Å². The number of carbonyl (C=O) groups excluding carboxylic acids is 2. The fraction of sp³-hybridized carbons (Fsp3) is 0.130. The molecule has 4 rings (SSSR count). The van der Waals surface area contributed by atoms with Gasteiger partial charge in [0.2, 0.25) is 11.8 Å². The highest BCUT2D eigenvalue weighted by Crippen LogP contribution is 2.26. The Morgan fingerprint density at radius 2 is 1.16 bits per heavy atom. The maximum atomic E-state index is 12.4. The molecule has 0 aliphatic rings. The van der Waals surface area contributed by atoms with Gasteiger partial charge < -0.3 is 15.7 Å². The third kappa shape index (κ3) is 5.08. The minimum atomic E-state index is -1.14. The minimum Gasteiger partial charge on any atom is -0.392 e. The molecule has 0 unspecified atom stereocenters. The average Bonchev–Trinajstić information content (AvgIpc) is 3.44. The smallest absolute Gasteiger partial charge is 0.227 e. The second-order valence-electron chi connectivity index (χ2n) is 7.21. The first kappa shape index (κ1) is 21.0. The van der Waals surface area contributed by atoms with Crippen LogP contribution in [-0.4, -0.2) is 43.4 Å². The highest BCUT2D eigenvalue weighted by molar-refractivity contribution is 5.97. The lowest BCUT2D eigenvalue weighted by Gasteiger charge is -2.12. The molecular formula is C23H22N6O3. The zero-order valence-electron chi connectivity index (χ0n) is 17.1. The Kier molecular flexibility index (Phi) is 6.38. The molecule has 0 saturated heterocycles. The zero-order valence-corrected chi connectivity index (χ0v) is 17.1. The molecule has 162 valence electrons. The normalized spacial score (nSPS) is 10.8. The van der Waals surface area contributed by atoms with Gasteiger partial charge in [0.05, 0.1) is 54.1 Å². The van der Waals surface area contributed by atoms with Crippen LogP contribution in [0.5, 0.6) is 0 Å². The number of rotatable bonds is 8. The van der Waals surface area contributed by atoms with E-state index in [1.165, 1.54) is 12.4 Å². The van der Waals surface area contributed by atoms with E-state index in [0.29, 0.717) is 22.8 Å². The maximum absolute atomic E-state index is 12.4. The van der Waals surface area contributed by atoms with E-state index in [2.05, 4.69) is 31.0 Å². The first-order valence-corrected chi connectivity index (χ1v) is 10.1. The Hall–Kier alpha value is -4.24. The molecule has 9 nitrogen and oxygen atoms in total. The number of carbonyl (C=O) groups is 2. The predicted molar refractivity (Wildman–Crippen MR) is 121 cm³/mol. The van der Waals surface area contributed by atoms with E-state index in [1.807, 2.05) is 60.7 Å². The maximum Gasteiger partial charge on any atom is 0.227 e. The Balaban J connectivity index is 1.32. The minimum absolute atomic E-state index is 0.232. The SMILES string of the molecule is O=C(CC(O)CC(=O)Nc1cn[nH]c1-c1ccccc1)Nc1cn[nH]c1-c1ccccc1. The summed E-state index contributed by atoms with van der Waals surface area (Å²) in [5, 5.41) is 29.4. The first-order chi connectivity index (χ1) is 15.6. The molecule has 2 heterocycles. The van der Waals surface area contributed by atoms with Crippen molar-refractivity contribution in [3.8, 4) is 22.5 Å². The van der Waals surface area contributed by atoms with Crippen LogP contribution in [-0.2, 0) is 9.59 Å². The summed E-state index contributed by atoms with van der Waals surface area (Å²) in [7, 11) is 0. The molecule has 0 spiro atoms. The Morgan fingerprint density at radius 3 is 1.56 bits per heavy atom. The van der Waals surface area contributed by atoms with Crippen molar-refractivity contribution >= 4 is 23.2 Å². The molecule has 2 aromatic heterocycles. The van der Waals surface area contributed by atoms with Gasteiger partial charge in [-0.2, -0.15) is 10.2 Å². The molecule has 0 bridgehead atoms. The predicted octanol–water partition coefficient (Wildman–Crippen LogP) is 3.19. The second-order valence-corrected chi connectivity index (χ2v) is 7.21. The number of H-pyrrole nitrogens is 2. The number of aromatic amines is 2. The van der Waals surface area contributed by atoms with Crippen LogP contribution >= 0.6 is 0 Å². The van der Waals surface area contributed by atoms with Crippen molar-refractivity contribution < 1.29 is 14.7 Å². The summed E-state index contributed by atoms with van der Waals surface area (Å²) < 4.78 is 0. The van der Waals surface area contributed by atoms with Crippen molar-refractivity contribution in [1.29, 1.82) is 0 Å². The molecule has 32 heavy (non-hydrogen) atoms. The second kappa shape index (κ2) is 9.71. The Bertz CT molecular complexity index is 1090. The molecule has 2 amide bonds. The lowest BCUT2D eigenvalue weighted by Crippen LogP contribution is -2.25. The molecule has 5 N–H and O–H groups in total. The Morgan fingerprint density at radius 1 is 0.750 bits per heavy atom. The number of hydrogen-bond acceptors (Lipinski definition) is 5. The van der Waals surface area contributed by atoms with Crippen molar-refractivity contribution in [3.63, 3.8) is 0 Å². The van der Waals surface area contributed by atoms with Gasteiger partial charge in [-0.25, -0.2) is 0 Å². The number of aliphatic hydroxyl groups is 1. The van der Waals surface area contributed by atoms with Gasteiger partial charge in [0, 0.05) is 11.1 Å². The molecule has 0 aliphatic carbocycles. The van der Waals surface area contributed by atoms with Crippen molar-refractivity contribution in [2.24, 2.45) is 0 Å². The van der Waals surface area contributed by atoms with Crippen LogP contribution in [0.1, 0.15) is 12.8 Å². The monoisotopic (exact) mass is 430 g/mol. The van der Waals surface area contributed by atoms with Crippen LogP contribution in [0.4, 0.5) is 11.4 Å². The molecule has 0 atom stereocenters. The molecule has 9 heteroatoms. The van der Waals surface area contributed by atoms with Gasteiger partial charge in [0.25, 0.3) is 0 Å². The van der Waals surface area contributed by atoms with Gasteiger partial charge in [0.15, 0.2) is 0 Å². The summed E-state index contributed by atoms with van der Waals surface area (Å²) in [6.45, 7) is 0. The molecule has 0 fully saturated rings. The van der Waals surface area contributed by atoms with E-state index in [0.717, 1.165) is 11.1 Å². The molecule has 0 aliphatic heterocycles. The molecular weight excluding hydrogens is 408 g/mol. The highest BCUT2D eigenvalue weighted by atomic mass is 16.3. The van der Waals surface area contributed by atoms with Gasteiger partial charge in [-0.05, 0) is 0 Å².